The van der Waals surface area contributed by atoms with Crippen molar-refractivity contribution in [2.75, 3.05) is 24.6 Å². The van der Waals surface area contributed by atoms with Crippen LogP contribution < -0.4 is 10.9 Å². The van der Waals surface area contributed by atoms with Gasteiger partial charge in [0.2, 0.25) is 11.8 Å². The number of halogens is 3. The van der Waals surface area contributed by atoms with Crippen LogP contribution >= 0.6 is 0 Å². The maximum Gasteiger partial charge on any atom is 0.417 e. The lowest BCUT2D eigenvalue weighted by Gasteiger charge is -2.29. The number of hydrogen-bond acceptors (Lipinski definition) is 5. The van der Waals surface area contributed by atoms with Crippen molar-refractivity contribution in [3.8, 4) is 0 Å². The molecule has 0 aromatic carbocycles. The van der Waals surface area contributed by atoms with Crippen LogP contribution in [0, 0.1) is 0 Å². The highest BCUT2D eigenvalue weighted by Gasteiger charge is 2.31. The molecule has 1 unspecified atom stereocenters. The van der Waals surface area contributed by atoms with E-state index in [9.17, 15) is 36.0 Å². The molecule has 27 heavy (non-hydrogen) atoms. The first-order valence-electron chi connectivity index (χ1n) is 7.95. The number of nitrogens with zero attached hydrogens (tertiary/aromatic N) is 2. The van der Waals surface area contributed by atoms with E-state index in [1.165, 1.54) is 11.8 Å². The maximum atomic E-state index is 12.7. The average molecular weight is 409 g/mol. The smallest absolute Gasteiger partial charge is 0.343 e. The molecule has 1 aromatic heterocycles. The van der Waals surface area contributed by atoms with Crippen molar-refractivity contribution >= 4 is 21.7 Å². The zero-order valence-electron chi connectivity index (χ0n) is 14.3. The van der Waals surface area contributed by atoms with E-state index in [0.717, 1.165) is 0 Å². The van der Waals surface area contributed by atoms with Crippen LogP contribution in [0.2, 0.25) is 0 Å². The summed E-state index contributed by atoms with van der Waals surface area (Å²) in [6.45, 7) is 0.704. The SMILES string of the molecule is CC(NC(=O)Cn1cc(C(F)(F)F)ccc1=O)C(=O)N1CCS(=O)(=O)CC1. The second kappa shape index (κ2) is 7.71. The van der Waals surface area contributed by atoms with Crippen molar-refractivity contribution in [2.45, 2.75) is 25.7 Å². The lowest BCUT2D eigenvalue weighted by Crippen LogP contribution is -2.52. The second-order valence-electron chi connectivity index (χ2n) is 6.15. The number of rotatable bonds is 4. The fourth-order valence-electron chi connectivity index (χ4n) is 2.53. The van der Waals surface area contributed by atoms with Gasteiger partial charge in [0.25, 0.3) is 5.56 Å². The number of hydrogen-bond donors (Lipinski definition) is 1. The van der Waals surface area contributed by atoms with Crippen molar-refractivity contribution < 1.29 is 31.2 Å². The van der Waals surface area contributed by atoms with Crippen LogP contribution in [-0.2, 0) is 32.1 Å². The van der Waals surface area contributed by atoms with Gasteiger partial charge in [0, 0.05) is 25.4 Å². The Morgan fingerprint density at radius 1 is 1.22 bits per heavy atom. The molecule has 2 rings (SSSR count). The molecule has 2 amide bonds. The molecule has 1 fully saturated rings. The molecular formula is C15H18F3N3O5S. The van der Waals surface area contributed by atoms with E-state index in [1.54, 1.807) is 0 Å². The summed E-state index contributed by atoms with van der Waals surface area (Å²) >= 11 is 0. The highest BCUT2D eigenvalue weighted by molar-refractivity contribution is 7.91. The van der Waals surface area contributed by atoms with Gasteiger partial charge >= 0.3 is 6.18 Å². The third-order valence-corrected chi connectivity index (χ3v) is 5.64. The lowest BCUT2D eigenvalue weighted by atomic mass is 10.2. The largest absolute Gasteiger partial charge is 0.417 e. The van der Waals surface area contributed by atoms with Crippen LogP contribution in [0.15, 0.2) is 23.1 Å². The molecule has 8 nitrogen and oxygen atoms in total. The van der Waals surface area contributed by atoms with Crippen LogP contribution in [0.5, 0.6) is 0 Å². The Kier molecular flexibility index (Phi) is 5.97. The van der Waals surface area contributed by atoms with Crippen LogP contribution in [0.1, 0.15) is 12.5 Å². The summed E-state index contributed by atoms with van der Waals surface area (Å²) in [5, 5.41) is 2.31. The predicted molar refractivity (Wildman–Crippen MR) is 88.5 cm³/mol. The zero-order valence-corrected chi connectivity index (χ0v) is 15.1. The minimum atomic E-state index is -4.66. The summed E-state index contributed by atoms with van der Waals surface area (Å²) in [6, 6.07) is 0.311. The van der Waals surface area contributed by atoms with Gasteiger partial charge in [-0.15, -0.1) is 0 Å². The molecular weight excluding hydrogens is 391 g/mol. The summed E-state index contributed by atoms with van der Waals surface area (Å²) in [7, 11) is -3.17. The van der Waals surface area contributed by atoms with Crippen molar-refractivity contribution in [1.29, 1.82) is 0 Å². The molecule has 0 aliphatic carbocycles. The van der Waals surface area contributed by atoms with Gasteiger partial charge in [-0.3, -0.25) is 14.4 Å². The Hall–Kier alpha value is -2.37. The lowest BCUT2D eigenvalue weighted by molar-refractivity contribution is -0.138. The van der Waals surface area contributed by atoms with Crippen LogP contribution in [0.25, 0.3) is 0 Å². The van der Waals surface area contributed by atoms with Crippen LogP contribution in [0.3, 0.4) is 0 Å². The number of sulfone groups is 1. The number of pyridine rings is 1. The van der Waals surface area contributed by atoms with Gasteiger partial charge in [-0.2, -0.15) is 13.2 Å². The van der Waals surface area contributed by atoms with Gasteiger partial charge in [-0.25, -0.2) is 8.42 Å². The molecule has 0 saturated carbocycles. The Morgan fingerprint density at radius 3 is 2.37 bits per heavy atom. The highest BCUT2D eigenvalue weighted by Crippen LogP contribution is 2.27. The van der Waals surface area contributed by atoms with Crippen molar-refractivity contribution in [3.05, 3.63) is 34.2 Å². The number of amides is 2. The first-order chi connectivity index (χ1) is 12.4. The third kappa shape index (κ3) is 5.55. The molecule has 1 aromatic rings. The second-order valence-corrected chi connectivity index (χ2v) is 8.45. The van der Waals surface area contributed by atoms with Gasteiger partial charge in [0.05, 0.1) is 17.1 Å². The summed E-state index contributed by atoms with van der Waals surface area (Å²) in [6.07, 6.45) is -4.13. The first-order valence-corrected chi connectivity index (χ1v) is 9.77. The fraction of sp³-hybridized carbons (Fsp3) is 0.533. The van der Waals surface area contributed by atoms with Gasteiger partial charge in [0.15, 0.2) is 9.84 Å². The molecule has 12 heteroatoms. The van der Waals surface area contributed by atoms with E-state index in [2.05, 4.69) is 5.32 Å². The normalized spacial score (nSPS) is 18.0. The van der Waals surface area contributed by atoms with E-state index in [-0.39, 0.29) is 24.6 Å². The minimum Gasteiger partial charge on any atom is -0.343 e. The van der Waals surface area contributed by atoms with Crippen LogP contribution in [0.4, 0.5) is 13.2 Å². The minimum absolute atomic E-state index is 0.00840. The molecule has 1 aliphatic heterocycles. The summed E-state index contributed by atoms with van der Waals surface area (Å²) < 4.78 is 61.5. The standard InChI is InChI=1S/C15H18F3N3O5S/c1-10(14(24)20-4-6-27(25,26)7-5-20)19-12(22)9-21-8-11(15(16,17)18)2-3-13(21)23/h2-3,8,10H,4-7,9H2,1H3,(H,19,22). The van der Waals surface area contributed by atoms with E-state index in [4.69, 9.17) is 0 Å². The zero-order chi connectivity index (χ0) is 20.4. The number of carbonyl (C=O) groups is 2. The van der Waals surface area contributed by atoms with E-state index >= 15 is 0 Å². The summed E-state index contributed by atoms with van der Waals surface area (Å²) in [5.41, 5.74) is -1.87. The van der Waals surface area contributed by atoms with Crippen molar-refractivity contribution in [1.82, 2.24) is 14.8 Å². The van der Waals surface area contributed by atoms with Gasteiger partial charge in [0.1, 0.15) is 12.6 Å². The van der Waals surface area contributed by atoms with E-state index in [1.807, 2.05) is 0 Å². The molecule has 1 N–H and O–H groups in total. The Morgan fingerprint density at radius 2 is 1.81 bits per heavy atom. The van der Waals surface area contributed by atoms with Gasteiger partial charge in [-0.1, -0.05) is 0 Å². The molecule has 0 bridgehead atoms. The summed E-state index contributed by atoms with van der Waals surface area (Å²) in [5.74, 6) is -1.66. The molecule has 0 radical (unpaired) electrons. The van der Waals surface area contributed by atoms with Gasteiger partial charge < -0.3 is 14.8 Å². The fourth-order valence-corrected chi connectivity index (χ4v) is 3.73. The number of alkyl halides is 3. The van der Waals surface area contributed by atoms with E-state index < -0.39 is 51.5 Å². The Bertz CT molecular complexity index is 881. The molecule has 150 valence electrons. The summed E-state index contributed by atoms with van der Waals surface area (Å²) in [4.78, 5) is 37.2. The average Bonchev–Trinajstić information content (AvgIpc) is 2.55. The Labute approximate surface area is 152 Å². The topological polar surface area (TPSA) is 106 Å². The number of nitrogens with one attached hydrogen (secondary N) is 1. The quantitative estimate of drug-likeness (QED) is 0.731. The maximum absolute atomic E-state index is 12.7. The van der Waals surface area contributed by atoms with Crippen LogP contribution in [-0.4, -0.2) is 60.3 Å². The highest BCUT2D eigenvalue weighted by atomic mass is 32.2. The third-order valence-electron chi connectivity index (χ3n) is 4.03. The number of aromatic nitrogens is 1. The molecule has 1 aliphatic rings. The molecule has 0 spiro atoms. The predicted octanol–water partition coefficient (Wildman–Crippen LogP) is -0.371. The van der Waals surface area contributed by atoms with Gasteiger partial charge in [-0.05, 0) is 13.0 Å². The molecule has 1 saturated heterocycles. The molecule has 1 atom stereocenters. The van der Waals surface area contributed by atoms with Crippen molar-refractivity contribution in [2.24, 2.45) is 0 Å². The number of carbonyl (C=O) groups excluding carboxylic acids is 2. The Balaban J connectivity index is 1.99. The monoisotopic (exact) mass is 409 g/mol. The van der Waals surface area contributed by atoms with E-state index in [0.29, 0.717) is 22.9 Å². The first kappa shape index (κ1) is 20.9. The van der Waals surface area contributed by atoms with Crippen molar-refractivity contribution in [3.63, 3.8) is 0 Å². The molecule has 2 heterocycles.